The van der Waals surface area contributed by atoms with Gasteiger partial charge in [-0.25, -0.2) is 5.01 Å². The monoisotopic (exact) mass is 276 g/mol. The second kappa shape index (κ2) is 5.68. The Balaban J connectivity index is 1.56. The lowest BCUT2D eigenvalue weighted by molar-refractivity contribution is -0.133. The summed E-state index contributed by atoms with van der Waals surface area (Å²) >= 11 is 0. The van der Waals surface area contributed by atoms with Crippen LogP contribution >= 0.6 is 0 Å². The number of piperazine rings is 1. The number of para-hydroxylation sites is 2. The number of amides is 1. The van der Waals surface area contributed by atoms with Crippen molar-refractivity contribution in [3.8, 4) is 5.75 Å². The number of nitrogens with zero attached hydrogens (tertiary/aromatic N) is 2. The van der Waals surface area contributed by atoms with Crippen molar-refractivity contribution in [2.45, 2.75) is 6.10 Å². The molecule has 0 saturated carbocycles. The van der Waals surface area contributed by atoms with E-state index in [-0.39, 0.29) is 5.91 Å². The molecule has 0 bridgehead atoms. The van der Waals surface area contributed by atoms with Crippen molar-refractivity contribution in [1.82, 2.24) is 15.3 Å². The largest absolute Gasteiger partial charge is 0.476 e. The van der Waals surface area contributed by atoms with Gasteiger partial charge in [0.1, 0.15) is 5.75 Å². The summed E-state index contributed by atoms with van der Waals surface area (Å²) in [5.41, 5.74) is 3.88. The van der Waals surface area contributed by atoms with Crippen LogP contribution in [0.2, 0.25) is 0 Å². The van der Waals surface area contributed by atoms with Crippen LogP contribution in [0.5, 0.6) is 5.75 Å². The lowest BCUT2D eigenvalue weighted by Gasteiger charge is -2.34. The van der Waals surface area contributed by atoms with Crippen LogP contribution in [0.1, 0.15) is 0 Å². The normalized spacial score (nSPS) is 23.4. The fourth-order valence-corrected chi connectivity index (χ4v) is 2.41. The van der Waals surface area contributed by atoms with Gasteiger partial charge in [0, 0.05) is 26.2 Å². The van der Waals surface area contributed by atoms with Crippen molar-refractivity contribution >= 4 is 11.6 Å². The highest BCUT2D eigenvalue weighted by molar-refractivity contribution is 5.82. The van der Waals surface area contributed by atoms with Gasteiger partial charge in [-0.05, 0) is 19.2 Å². The van der Waals surface area contributed by atoms with E-state index in [1.807, 2.05) is 29.3 Å². The summed E-state index contributed by atoms with van der Waals surface area (Å²) in [4.78, 5) is 14.5. The Morgan fingerprint density at radius 3 is 2.85 bits per heavy atom. The first-order chi connectivity index (χ1) is 9.72. The quantitative estimate of drug-likeness (QED) is 0.804. The first kappa shape index (κ1) is 13.2. The van der Waals surface area contributed by atoms with Crippen LogP contribution in [0.4, 0.5) is 5.69 Å². The van der Waals surface area contributed by atoms with Crippen molar-refractivity contribution in [3.05, 3.63) is 24.3 Å². The van der Waals surface area contributed by atoms with Gasteiger partial charge in [0.25, 0.3) is 5.91 Å². The van der Waals surface area contributed by atoms with E-state index in [0.717, 1.165) is 37.6 Å². The third-order valence-electron chi connectivity index (χ3n) is 3.70. The highest BCUT2D eigenvalue weighted by atomic mass is 16.5. The molecule has 2 aliphatic heterocycles. The van der Waals surface area contributed by atoms with Crippen LogP contribution < -0.4 is 15.5 Å². The number of anilines is 1. The van der Waals surface area contributed by atoms with Crippen molar-refractivity contribution in [2.24, 2.45) is 0 Å². The maximum Gasteiger partial charge on any atom is 0.277 e. The molecular formula is C14H20N4O2. The van der Waals surface area contributed by atoms with Gasteiger partial charge in [0.2, 0.25) is 0 Å². The lowest BCUT2D eigenvalue weighted by atomic mass is 10.2. The van der Waals surface area contributed by atoms with E-state index in [1.165, 1.54) is 0 Å². The summed E-state index contributed by atoms with van der Waals surface area (Å²) in [5, 5.41) is 5.19. The van der Waals surface area contributed by atoms with Crippen LogP contribution in [0, 0.1) is 0 Å². The third kappa shape index (κ3) is 2.86. The SMILES string of the molecule is CN1CCN(NC(=O)C2CNc3ccccc3O2)CC1. The average molecular weight is 276 g/mol. The summed E-state index contributed by atoms with van der Waals surface area (Å²) in [7, 11) is 2.09. The van der Waals surface area contributed by atoms with Crippen molar-refractivity contribution < 1.29 is 9.53 Å². The summed E-state index contributed by atoms with van der Waals surface area (Å²) in [6, 6.07) is 7.67. The minimum atomic E-state index is -0.482. The molecule has 108 valence electrons. The van der Waals surface area contributed by atoms with Gasteiger partial charge in [-0.1, -0.05) is 12.1 Å². The number of benzene rings is 1. The van der Waals surface area contributed by atoms with Crippen molar-refractivity contribution in [1.29, 1.82) is 0 Å². The Hall–Kier alpha value is -1.79. The minimum absolute atomic E-state index is 0.0865. The minimum Gasteiger partial charge on any atom is -0.476 e. The van der Waals surface area contributed by atoms with Crippen LogP contribution in [0.25, 0.3) is 0 Å². The molecule has 6 heteroatoms. The molecule has 1 fully saturated rings. The second-order valence-electron chi connectivity index (χ2n) is 5.25. The first-order valence-electron chi connectivity index (χ1n) is 6.96. The van der Waals surface area contributed by atoms with E-state index in [9.17, 15) is 4.79 Å². The molecule has 0 spiro atoms. The van der Waals surface area contributed by atoms with E-state index < -0.39 is 6.10 Å². The molecule has 0 aromatic heterocycles. The first-order valence-corrected chi connectivity index (χ1v) is 6.96. The highest BCUT2D eigenvalue weighted by Crippen LogP contribution is 2.28. The van der Waals surface area contributed by atoms with Gasteiger partial charge in [-0.2, -0.15) is 0 Å². The number of carbonyl (C=O) groups excluding carboxylic acids is 1. The zero-order valence-corrected chi connectivity index (χ0v) is 11.6. The molecule has 1 atom stereocenters. The van der Waals surface area contributed by atoms with Crippen LogP contribution in [-0.2, 0) is 4.79 Å². The van der Waals surface area contributed by atoms with Crippen LogP contribution in [-0.4, -0.2) is 61.7 Å². The number of nitrogens with one attached hydrogen (secondary N) is 2. The van der Waals surface area contributed by atoms with Crippen molar-refractivity contribution in [2.75, 3.05) is 45.1 Å². The standard InChI is InChI=1S/C14H20N4O2/c1-17-6-8-18(9-7-17)16-14(19)13-10-15-11-4-2-3-5-12(11)20-13/h2-5,13,15H,6-10H2,1H3,(H,16,19). The zero-order valence-electron chi connectivity index (χ0n) is 11.6. The topological polar surface area (TPSA) is 56.8 Å². The van der Waals surface area contributed by atoms with Crippen molar-refractivity contribution in [3.63, 3.8) is 0 Å². The lowest BCUT2D eigenvalue weighted by Crippen LogP contribution is -2.56. The van der Waals surface area contributed by atoms with Gasteiger partial charge < -0.3 is 15.0 Å². The van der Waals surface area contributed by atoms with Crippen LogP contribution in [0.3, 0.4) is 0 Å². The molecule has 2 aliphatic rings. The number of hydrogen-bond acceptors (Lipinski definition) is 5. The van der Waals surface area contributed by atoms with E-state index in [1.54, 1.807) is 0 Å². The summed E-state index contributed by atoms with van der Waals surface area (Å²) in [5.74, 6) is 0.647. The Kier molecular flexibility index (Phi) is 3.75. The third-order valence-corrected chi connectivity index (χ3v) is 3.70. The Labute approximate surface area is 118 Å². The summed E-state index contributed by atoms with van der Waals surface area (Å²) < 4.78 is 5.74. The maximum absolute atomic E-state index is 12.2. The number of rotatable bonds is 2. The summed E-state index contributed by atoms with van der Waals surface area (Å²) in [6.07, 6.45) is -0.482. The second-order valence-corrected chi connectivity index (χ2v) is 5.25. The average Bonchev–Trinajstić information content (AvgIpc) is 2.49. The molecule has 6 nitrogen and oxygen atoms in total. The van der Waals surface area contributed by atoms with Gasteiger partial charge in [0.15, 0.2) is 6.10 Å². The predicted molar refractivity (Wildman–Crippen MR) is 76.6 cm³/mol. The maximum atomic E-state index is 12.2. The smallest absolute Gasteiger partial charge is 0.277 e. The van der Waals surface area contributed by atoms with E-state index >= 15 is 0 Å². The molecule has 20 heavy (non-hydrogen) atoms. The molecule has 1 unspecified atom stereocenters. The number of carbonyl (C=O) groups is 1. The van der Waals surface area contributed by atoms with Gasteiger partial charge in [-0.15, -0.1) is 0 Å². The number of likely N-dealkylation sites (N-methyl/N-ethyl adjacent to an activating group) is 1. The highest BCUT2D eigenvalue weighted by Gasteiger charge is 2.27. The molecule has 0 radical (unpaired) electrons. The fraction of sp³-hybridized carbons (Fsp3) is 0.500. The molecule has 1 amide bonds. The van der Waals surface area contributed by atoms with E-state index in [0.29, 0.717) is 6.54 Å². The molecule has 2 heterocycles. The predicted octanol–water partition coefficient (Wildman–Crippen LogP) is 0.138. The molecule has 1 saturated heterocycles. The zero-order chi connectivity index (χ0) is 13.9. The number of hydrogen-bond donors (Lipinski definition) is 2. The Morgan fingerprint density at radius 2 is 2.05 bits per heavy atom. The molecular weight excluding hydrogens is 256 g/mol. The molecule has 0 aliphatic carbocycles. The van der Waals surface area contributed by atoms with E-state index in [2.05, 4.69) is 22.7 Å². The number of ether oxygens (including phenoxy) is 1. The Morgan fingerprint density at radius 1 is 1.30 bits per heavy atom. The summed E-state index contributed by atoms with van der Waals surface area (Å²) in [6.45, 7) is 4.12. The number of fused-ring (bicyclic) bond motifs is 1. The molecule has 1 aromatic carbocycles. The van der Waals surface area contributed by atoms with Gasteiger partial charge >= 0.3 is 0 Å². The van der Waals surface area contributed by atoms with Gasteiger partial charge in [0.05, 0.1) is 12.2 Å². The van der Waals surface area contributed by atoms with E-state index in [4.69, 9.17) is 4.74 Å². The van der Waals surface area contributed by atoms with Crippen LogP contribution in [0.15, 0.2) is 24.3 Å². The molecule has 1 aromatic rings. The fourth-order valence-electron chi connectivity index (χ4n) is 2.41. The van der Waals surface area contributed by atoms with Gasteiger partial charge in [-0.3, -0.25) is 10.2 Å². The Bertz CT molecular complexity index is 486. The molecule has 2 N–H and O–H groups in total. The molecule has 3 rings (SSSR count). The number of hydrazine groups is 1.